The SMILES string of the molecule is CS(=O)(=O)c1ccc(CNC(=O)c2nc3ccccc3n(-c3cccc(C(F)(F)F)c3)c2=O)cc1. The van der Waals surface area contributed by atoms with Crippen molar-refractivity contribution in [2.24, 2.45) is 0 Å². The van der Waals surface area contributed by atoms with E-state index in [0.717, 1.165) is 23.0 Å². The Morgan fingerprint density at radius 2 is 1.69 bits per heavy atom. The quantitative estimate of drug-likeness (QED) is 0.449. The van der Waals surface area contributed by atoms with E-state index < -0.39 is 38.7 Å². The minimum atomic E-state index is -4.62. The molecule has 1 N–H and O–H groups in total. The lowest BCUT2D eigenvalue weighted by Crippen LogP contribution is -2.34. The summed E-state index contributed by atoms with van der Waals surface area (Å²) in [5.74, 6) is -0.825. The minimum absolute atomic E-state index is 0.0274. The standard InChI is InChI=1S/C24H18F3N3O4S/c1-35(33,34)18-11-9-15(10-12-18)14-28-22(31)21-23(32)30(20-8-3-2-7-19(20)29-21)17-6-4-5-16(13-17)24(25,26)27/h2-13H,14H2,1H3,(H,28,31). The predicted molar refractivity (Wildman–Crippen MR) is 123 cm³/mol. The number of carbonyl (C=O) groups excluding carboxylic acids is 1. The van der Waals surface area contributed by atoms with E-state index in [2.05, 4.69) is 10.3 Å². The molecule has 0 atom stereocenters. The lowest BCUT2D eigenvalue weighted by Gasteiger charge is -2.14. The maximum absolute atomic E-state index is 13.3. The number of amides is 1. The molecule has 0 aliphatic carbocycles. The Kier molecular flexibility index (Phi) is 6.20. The van der Waals surface area contributed by atoms with Crippen LogP contribution in [0.5, 0.6) is 0 Å². The van der Waals surface area contributed by atoms with E-state index in [1.165, 1.54) is 42.5 Å². The second-order valence-electron chi connectivity index (χ2n) is 7.74. The molecular formula is C24H18F3N3O4S. The molecule has 0 saturated heterocycles. The summed E-state index contributed by atoms with van der Waals surface area (Å²) in [5, 5.41) is 2.55. The molecule has 0 radical (unpaired) electrons. The van der Waals surface area contributed by atoms with Crippen LogP contribution in [0.25, 0.3) is 16.7 Å². The Hall–Kier alpha value is -3.99. The van der Waals surface area contributed by atoms with Crippen molar-refractivity contribution < 1.29 is 26.4 Å². The number of sulfone groups is 1. The second-order valence-corrected chi connectivity index (χ2v) is 9.75. The third-order valence-electron chi connectivity index (χ3n) is 5.21. The molecule has 180 valence electrons. The number of nitrogens with one attached hydrogen (secondary N) is 1. The van der Waals surface area contributed by atoms with E-state index in [0.29, 0.717) is 5.56 Å². The summed E-state index contributed by atoms with van der Waals surface area (Å²) in [6.07, 6.45) is -3.54. The van der Waals surface area contributed by atoms with Crippen LogP contribution in [0.2, 0.25) is 0 Å². The van der Waals surface area contributed by atoms with Crippen LogP contribution in [0.1, 0.15) is 21.6 Å². The van der Waals surface area contributed by atoms with Gasteiger partial charge >= 0.3 is 6.18 Å². The molecule has 4 rings (SSSR count). The number of carbonyl (C=O) groups is 1. The zero-order valence-corrected chi connectivity index (χ0v) is 19.0. The molecule has 1 aromatic heterocycles. The van der Waals surface area contributed by atoms with Crippen LogP contribution in [-0.4, -0.2) is 30.1 Å². The van der Waals surface area contributed by atoms with Crippen molar-refractivity contribution in [2.45, 2.75) is 17.6 Å². The number of halogens is 3. The van der Waals surface area contributed by atoms with Crippen LogP contribution < -0.4 is 10.9 Å². The first-order chi connectivity index (χ1) is 16.4. The largest absolute Gasteiger partial charge is 0.416 e. The Morgan fingerprint density at radius 1 is 1.00 bits per heavy atom. The van der Waals surface area contributed by atoms with E-state index >= 15 is 0 Å². The van der Waals surface area contributed by atoms with Gasteiger partial charge in [0.2, 0.25) is 0 Å². The zero-order chi connectivity index (χ0) is 25.4. The highest BCUT2D eigenvalue weighted by atomic mass is 32.2. The predicted octanol–water partition coefficient (Wildman–Crippen LogP) is 3.74. The average molecular weight is 501 g/mol. The molecule has 35 heavy (non-hydrogen) atoms. The maximum Gasteiger partial charge on any atom is 0.416 e. The first-order valence-corrected chi connectivity index (χ1v) is 12.1. The number of para-hydroxylation sites is 2. The lowest BCUT2D eigenvalue weighted by molar-refractivity contribution is -0.137. The van der Waals surface area contributed by atoms with Crippen molar-refractivity contribution in [1.29, 1.82) is 0 Å². The first kappa shape index (κ1) is 24.1. The highest BCUT2D eigenvalue weighted by Crippen LogP contribution is 2.30. The molecular weight excluding hydrogens is 483 g/mol. The number of hydrogen-bond donors (Lipinski definition) is 1. The zero-order valence-electron chi connectivity index (χ0n) is 18.2. The number of alkyl halides is 3. The first-order valence-electron chi connectivity index (χ1n) is 10.2. The summed E-state index contributed by atoms with van der Waals surface area (Å²) in [4.78, 5) is 30.4. The fraction of sp³-hybridized carbons (Fsp3) is 0.125. The van der Waals surface area contributed by atoms with E-state index in [1.54, 1.807) is 18.2 Å². The highest BCUT2D eigenvalue weighted by Gasteiger charge is 2.31. The molecule has 0 aliphatic rings. The molecule has 0 saturated carbocycles. The van der Waals surface area contributed by atoms with Crippen molar-refractivity contribution >= 4 is 26.8 Å². The summed E-state index contributed by atoms with van der Waals surface area (Å²) in [6.45, 7) is -0.0274. The summed E-state index contributed by atoms with van der Waals surface area (Å²) in [7, 11) is -3.38. The highest BCUT2D eigenvalue weighted by molar-refractivity contribution is 7.90. The summed E-state index contributed by atoms with van der Waals surface area (Å²) >= 11 is 0. The van der Waals surface area contributed by atoms with Gasteiger partial charge in [-0.15, -0.1) is 0 Å². The molecule has 0 bridgehead atoms. The van der Waals surface area contributed by atoms with Crippen LogP contribution in [0.3, 0.4) is 0 Å². The van der Waals surface area contributed by atoms with Crippen molar-refractivity contribution in [3.05, 3.63) is 100.0 Å². The number of aromatic nitrogens is 2. The molecule has 1 amide bonds. The Morgan fingerprint density at radius 3 is 2.34 bits per heavy atom. The number of fused-ring (bicyclic) bond motifs is 1. The van der Waals surface area contributed by atoms with Gasteiger partial charge < -0.3 is 5.32 Å². The third kappa shape index (κ3) is 5.09. The van der Waals surface area contributed by atoms with Gasteiger partial charge in [-0.25, -0.2) is 13.4 Å². The number of nitrogens with zero attached hydrogens (tertiary/aromatic N) is 2. The Bertz CT molecular complexity index is 1600. The molecule has 1 heterocycles. The number of rotatable bonds is 5. The Labute approximate surface area is 197 Å². The van der Waals surface area contributed by atoms with E-state index in [4.69, 9.17) is 0 Å². The summed E-state index contributed by atoms with van der Waals surface area (Å²) in [5.41, 5.74) is -1.32. The van der Waals surface area contributed by atoms with Gasteiger partial charge in [-0.1, -0.05) is 30.3 Å². The molecule has 0 aliphatic heterocycles. The second kappa shape index (κ2) is 8.99. The fourth-order valence-electron chi connectivity index (χ4n) is 3.48. The van der Waals surface area contributed by atoms with Crippen LogP contribution in [0.4, 0.5) is 13.2 Å². The van der Waals surface area contributed by atoms with Gasteiger partial charge in [0.05, 0.1) is 21.5 Å². The van der Waals surface area contributed by atoms with Gasteiger partial charge in [-0.3, -0.25) is 14.2 Å². The minimum Gasteiger partial charge on any atom is -0.346 e. The summed E-state index contributed by atoms with van der Waals surface area (Å²) in [6, 6.07) is 16.4. The van der Waals surface area contributed by atoms with Gasteiger partial charge in [0.25, 0.3) is 11.5 Å². The van der Waals surface area contributed by atoms with Crippen molar-refractivity contribution in [3.63, 3.8) is 0 Å². The molecule has 0 fully saturated rings. The molecule has 11 heteroatoms. The van der Waals surface area contributed by atoms with Gasteiger partial charge in [0, 0.05) is 18.5 Å². The fourth-order valence-corrected chi connectivity index (χ4v) is 4.11. The molecule has 3 aromatic carbocycles. The Balaban J connectivity index is 1.72. The van der Waals surface area contributed by atoms with Gasteiger partial charge in [0.15, 0.2) is 15.5 Å². The van der Waals surface area contributed by atoms with E-state index in [9.17, 15) is 31.2 Å². The smallest absolute Gasteiger partial charge is 0.346 e. The molecule has 4 aromatic rings. The lowest BCUT2D eigenvalue weighted by atomic mass is 10.1. The molecule has 7 nitrogen and oxygen atoms in total. The average Bonchev–Trinajstić information content (AvgIpc) is 2.81. The monoisotopic (exact) mass is 501 g/mol. The van der Waals surface area contributed by atoms with Crippen LogP contribution in [0.15, 0.2) is 82.5 Å². The summed E-state index contributed by atoms with van der Waals surface area (Å²) < 4.78 is 64.0. The normalized spacial score (nSPS) is 12.0. The number of hydrogen-bond acceptors (Lipinski definition) is 5. The topological polar surface area (TPSA) is 98.1 Å². The third-order valence-corrected chi connectivity index (χ3v) is 6.34. The maximum atomic E-state index is 13.3. The van der Waals surface area contributed by atoms with Gasteiger partial charge in [-0.2, -0.15) is 13.2 Å². The molecule has 0 unspecified atom stereocenters. The number of benzene rings is 3. The van der Waals surface area contributed by atoms with Crippen molar-refractivity contribution in [3.8, 4) is 5.69 Å². The van der Waals surface area contributed by atoms with Crippen molar-refractivity contribution in [2.75, 3.05) is 6.26 Å². The van der Waals surface area contributed by atoms with Crippen LogP contribution in [0, 0.1) is 0 Å². The van der Waals surface area contributed by atoms with E-state index in [-0.39, 0.29) is 28.2 Å². The van der Waals surface area contributed by atoms with Crippen LogP contribution in [-0.2, 0) is 22.6 Å². The van der Waals surface area contributed by atoms with Crippen molar-refractivity contribution in [1.82, 2.24) is 14.9 Å². The van der Waals surface area contributed by atoms with E-state index in [1.807, 2.05) is 0 Å². The van der Waals surface area contributed by atoms with Crippen LogP contribution >= 0.6 is 0 Å². The van der Waals surface area contributed by atoms with Gasteiger partial charge in [0.1, 0.15) is 0 Å². The van der Waals surface area contributed by atoms with Gasteiger partial charge in [-0.05, 0) is 48.0 Å². The molecule has 0 spiro atoms.